The summed E-state index contributed by atoms with van der Waals surface area (Å²) in [4.78, 5) is 11.9. The second-order valence-corrected chi connectivity index (χ2v) is 8.27. The summed E-state index contributed by atoms with van der Waals surface area (Å²) >= 11 is 3.46. The SMILES string of the molecule is C#CCOc1ccc(Br)cc1CNCC(C)(C)NC(=O)OC(C)(C)C. The fourth-order valence-electron chi connectivity index (χ4n) is 2.08. The maximum absolute atomic E-state index is 11.9. The van der Waals surface area contributed by atoms with E-state index in [1.54, 1.807) is 0 Å². The minimum Gasteiger partial charge on any atom is -0.481 e. The second kappa shape index (κ2) is 9.12. The number of benzene rings is 1. The third kappa shape index (κ3) is 8.80. The number of carbonyl (C=O) groups is 1. The largest absolute Gasteiger partial charge is 0.481 e. The number of hydrogen-bond donors (Lipinski definition) is 2. The minimum absolute atomic E-state index is 0.223. The summed E-state index contributed by atoms with van der Waals surface area (Å²) in [6.07, 6.45) is 4.82. The lowest BCUT2D eigenvalue weighted by atomic mass is 10.1. The summed E-state index contributed by atoms with van der Waals surface area (Å²) in [5.41, 5.74) is -0.000791. The van der Waals surface area contributed by atoms with Crippen molar-refractivity contribution in [3.8, 4) is 18.1 Å². The number of terminal acetylenes is 1. The molecule has 0 heterocycles. The second-order valence-electron chi connectivity index (χ2n) is 7.36. The molecule has 1 amide bonds. The van der Waals surface area contributed by atoms with Crippen molar-refractivity contribution in [1.82, 2.24) is 10.6 Å². The first kappa shape index (κ1) is 21.3. The predicted octanol–water partition coefficient (Wildman–Crippen LogP) is 3.85. The maximum atomic E-state index is 11.9. The van der Waals surface area contributed by atoms with Crippen molar-refractivity contribution in [2.45, 2.75) is 52.3 Å². The maximum Gasteiger partial charge on any atom is 0.408 e. The number of nitrogens with one attached hydrogen (secondary N) is 2. The monoisotopic (exact) mass is 410 g/mol. The topological polar surface area (TPSA) is 59.6 Å². The van der Waals surface area contributed by atoms with Gasteiger partial charge in [0.2, 0.25) is 0 Å². The fraction of sp³-hybridized carbons (Fsp3) is 0.526. The Morgan fingerprint density at radius 1 is 1.28 bits per heavy atom. The van der Waals surface area contributed by atoms with Gasteiger partial charge in [0.25, 0.3) is 0 Å². The van der Waals surface area contributed by atoms with Crippen molar-refractivity contribution in [1.29, 1.82) is 0 Å². The van der Waals surface area contributed by atoms with Crippen molar-refractivity contribution in [2.24, 2.45) is 0 Å². The van der Waals surface area contributed by atoms with E-state index in [2.05, 4.69) is 32.5 Å². The van der Waals surface area contributed by atoms with Crippen LogP contribution in [0.2, 0.25) is 0 Å². The van der Waals surface area contributed by atoms with Gasteiger partial charge in [-0.25, -0.2) is 4.79 Å². The third-order valence-corrected chi connectivity index (χ3v) is 3.55. The molecule has 0 radical (unpaired) electrons. The first-order valence-corrected chi connectivity index (χ1v) is 8.88. The van der Waals surface area contributed by atoms with Crippen molar-refractivity contribution in [3.05, 3.63) is 28.2 Å². The van der Waals surface area contributed by atoms with Crippen molar-refractivity contribution >= 4 is 22.0 Å². The van der Waals surface area contributed by atoms with E-state index in [9.17, 15) is 4.79 Å². The molecule has 1 aromatic carbocycles. The molecule has 0 unspecified atom stereocenters. The smallest absolute Gasteiger partial charge is 0.408 e. The first-order chi connectivity index (χ1) is 11.5. The Labute approximate surface area is 159 Å². The molecule has 6 heteroatoms. The number of hydrogen-bond acceptors (Lipinski definition) is 4. The molecule has 0 aromatic heterocycles. The Bertz CT molecular complexity index is 631. The fourth-order valence-corrected chi connectivity index (χ4v) is 2.49. The molecular weight excluding hydrogens is 384 g/mol. The van der Waals surface area contributed by atoms with E-state index in [4.69, 9.17) is 15.9 Å². The van der Waals surface area contributed by atoms with E-state index in [1.807, 2.05) is 52.8 Å². The average Bonchev–Trinajstić information content (AvgIpc) is 2.43. The molecule has 0 aliphatic carbocycles. The predicted molar refractivity (Wildman–Crippen MR) is 104 cm³/mol. The highest BCUT2D eigenvalue weighted by Gasteiger charge is 2.24. The molecule has 0 aliphatic heterocycles. The van der Waals surface area contributed by atoms with Crippen LogP contribution in [0.1, 0.15) is 40.2 Å². The quantitative estimate of drug-likeness (QED) is 0.670. The standard InChI is InChI=1S/C19H27BrN2O3/c1-7-10-24-16-9-8-15(20)11-14(16)12-21-13-19(5,6)22-17(23)25-18(2,3)4/h1,8-9,11,21H,10,12-13H2,2-6H3,(H,22,23). The molecule has 1 rings (SSSR count). The van der Waals surface area contributed by atoms with E-state index in [-0.39, 0.29) is 6.61 Å². The van der Waals surface area contributed by atoms with Gasteiger partial charge in [-0.05, 0) is 52.8 Å². The van der Waals surface area contributed by atoms with Crippen LogP contribution < -0.4 is 15.4 Å². The lowest BCUT2D eigenvalue weighted by Gasteiger charge is -2.29. The van der Waals surface area contributed by atoms with Crippen LogP contribution in [0.25, 0.3) is 0 Å². The van der Waals surface area contributed by atoms with Gasteiger partial charge in [-0.3, -0.25) is 0 Å². The summed E-state index contributed by atoms with van der Waals surface area (Å²) in [6.45, 7) is 10.7. The van der Waals surface area contributed by atoms with E-state index >= 15 is 0 Å². The minimum atomic E-state index is -0.521. The molecule has 1 aromatic rings. The molecule has 0 atom stereocenters. The summed E-state index contributed by atoms with van der Waals surface area (Å²) in [5, 5.41) is 6.20. The van der Waals surface area contributed by atoms with Crippen molar-refractivity contribution in [3.63, 3.8) is 0 Å². The number of ether oxygens (including phenoxy) is 2. The molecule has 0 bridgehead atoms. The van der Waals surface area contributed by atoms with Crippen LogP contribution in [0, 0.1) is 12.3 Å². The van der Waals surface area contributed by atoms with E-state index in [0.717, 1.165) is 15.8 Å². The summed E-state index contributed by atoms with van der Waals surface area (Å²) < 4.78 is 11.8. The van der Waals surface area contributed by atoms with Gasteiger partial charge in [0.1, 0.15) is 18.0 Å². The molecule has 5 nitrogen and oxygen atoms in total. The van der Waals surface area contributed by atoms with Crippen LogP contribution in [0.3, 0.4) is 0 Å². The van der Waals surface area contributed by atoms with Crippen LogP contribution in [0.15, 0.2) is 22.7 Å². The summed E-state index contributed by atoms with van der Waals surface area (Å²) in [5.74, 6) is 3.20. The lowest BCUT2D eigenvalue weighted by molar-refractivity contribution is 0.0472. The highest BCUT2D eigenvalue weighted by atomic mass is 79.9. The Morgan fingerprint density at radius 3 is 2.56 bits per heavy atom. The first-order valence-electron chi connectivity index (χ1n) is 8.09. The molecule has 0 aliphatic rings. The molecule has 0 saturated carbocycles. The van der Waals surface area contributed by atoms with Gasteiger partial charge in [-0.1, -0.05) is 21.9 Å². The zero-order chi connectivity index (χ0) is 19.1. The zero-order valence-electron chi connectivity index (χ0n) is 15.5. The number of alkyl carbamates (subject to hydrolysis) is 1. The molecule has 0 saturated heterocycles. The number of carbonyl (C=O) groups excluding carboxylic acids is 1. The molecule has 0 spiro atoms. The summed E-state index contributed by atoms with van der Waals surface area (Å²) in [6, 6.07) is 5.76. The molecule has 138 valence electrons. The Balaban J connectivity index is 2.59. The van der Waals surface area contributed by atoms with Crippen LogP contribution in [-0.4, -0.2) is 30.4 Å². The van der Waals surface area contributed by atoms with Crippen LogP contribution in [-0.2, 0) is 11.3 Å². The van der Waals surface area contributed by atoms with Gasteiger partial charge >= 0.3 is 6.09 Å². The van der Waals surface area contributed by atoms with Gasteiger partial charge in [-0.2, -0.15) is 0 Å². The highest BCUT2D eigenvalue weighted by molar-refractivity contribution is 9.10. The molecule has 0 fully saturated rings. The Morgan fingerprint density at radius 2 is 1.96 bits per heavy atom. The third-order valence-electron chi connectivity index (χ3n) is 3.06. The average molecular weight is 411 g/mol. The van der Waals surface area contributed by atoms with E-state index in [0.29, 0.717) is 13.1 Å². The van der Waals surface area contributed by atoms with Gasteiger partial charge in [-0.15, -0.1) is 6.42 Å². The van der Waals surface area contributed by atoms with Gasteiger partial charge in [0.15, 0.2) is 0 Å². The molecule has 25 heavy (non-hydrogen) atoms. The molecule has 2 N–H and O–H groups in total. The number of halogens is 1. The molecular formula is C19H27BrN2O3. The van der Waals surface area contributed by atoms with Crippen molar-refractivity contribution in [2.75, 3.05) is 13.2 Å². The normalized spacial score (nSPS) is 11.6. The Kier molecular flexibility index (Phi) is 7.78. The summed E-state index contributed by atoms with van der Waals surface area (Å²) in [7, 11) is 0. The zero-order valence-corrected chi connectivity index (χ0v) is 17.1. The van der Waals surface area contributed by atoms with Crippen LogP contribution >= 0.6 is 15.9 Å². The van der Waals surface area contributed by atoms with Crippen LogP contribution in [0.5, 0.6) is 5.75 Å². The van der Waals surface area contributed by atoms with Gasteiger partial charge < -0.3 is 20.1 Å². The van der Waals surface area contributed by atoms with E-state index < -0.39 is 17.2 Å². The Hall–Kier alpha value is -1.71. The lowest BCUT2D eigenvalue weighted by Crippen LogP contribution is -2.51. The number of amides is 1. The number of rotatable bonds is 7. The van der Waals surface area contributed by atoms with E-state index in [1.165, 1.54) is 0 Å². The van der Waals surface area contributed by atoms with Gasteiger partial charge in [0, 0.05) is 23.1 Å². The van der Waals surface area contributed by atoms with Crippen LogP contribution in [0.4, 0.5) is 4.79 Å². The highest BCUT2D eigenvalue weighted by Crippen LogP contribution is 2.23. The van der Waals surface area contributed by atoms with Crippen molar-refractivity contribution < 1.29 is 14.3 Å². The van der Waals surface area contributed by atoms with Gasteiger partial charge in [0.05, 0.1) is 5.54 Å².